The number of aromatic nitrogens is 1. The molecule has 4 nitrogen and oxygen atoms in total. The number of rotatable bonds is 5. The quantitative estimate of drug-likeness (QED) is 0.299. The number of likely N-dealkylation sites (tertiary alicyclic amines) is 1. The molecule has 5 heteroatoms. The highest BCUT2D eigenvalue weighted by Gasteiger charge is 2.42. The zero-order valence-electron chi connectivity index (χ0n) is 18.3. The van der Waals surface area contributed by atoms with E-state index in [1.54, 1.807) is 12.1 Å². The van der Waals surface area contributed by atoms with Crippen LogP contribution in [-0.2, 0) is 16.9 Å². The molecule has 166 valence electrons. The first-order chi connectivity index (χ1) is 16.1. The van der Waals surface area contributed by atoms with Gasteiger partial charge in [-0.25, -0.2) is 4.79 Å². The van der Waals surface area contributed by atoms with Gasteiger partial charge < -0.3 is 4.74 Å². The number of piperidine rings is 1. The molecule has 0 saturated carbocycles. The lowest BCUT2D eigenvalue weighted by Crippen LogP contribution is -2.45. The summed E-state index contributed by atoms with van der Waals surface area (Å²) >= 11 is 3.63. The number of fused-ring (bicyclic) bond motifs is 1. The van der Waals surface area contributed by atoms with Crippen LogP contribution >= 0.6 is 15.9 Å². The van der Waals surface area contributed by atoms with Crippen LogP contribution in [0.3, 0.4) is 0 Å². The summed E-state index contributed by atoms with van der Waals surface area (Å²) in [6.45, 7) is 2.53. The summed E-state index contributed by atoms with van der Waals surface area (Å²) in [7, 11) is 0. The summed E-state index contributed by atoms with van der Waals surface area (Å²) in [5.74, 6) is -0.305. The fraction of sp³-hybridized carbons (Fsp3) is 0.214. The Kier molecular flexibility index (Phi) is 6.25. The number of hydrogen-bond acceptors (Lipinski definition) is 4. The summed E-state index contributed by atoms with van der Waals surface area (Å²) < 4.78 is 7.29. The van der Waals surface area contributed by atoms with Crippen LogP contribution < -0.4 is 0 Å². The monoisotopic (exact) mass is 500 g/mol. The van der Waals surface area contributed by atoms with Gasteiger partial charge in [-0.15, -0.1) is 0 Å². The lowest BCUT2D eigenvalue weighted by molar-refractivity contribution is -0.0581. The number of esters is 1. The molecule has 3 aromatic carbocycles. The lowest BCUT2D eigenvalue weighted by atomic mass is 9.84. The Morgan fingerprint density at radius 2 is 1.48 bits per heavy atom. The second kappa shape index (κ2) is 9.46. The fourth-order valence-electron chi connectivity index (χ4n) is 4.63. The van der Waals surface area contributed by atoms with E-state index in [2.05, 4.69) is 57.2 Å². The highest BCUT2D eigenvalue weighted by Crippen LogP contribution is 2.41. The number of hydrogen-bond donors (Lipinski definition) is 0. The van der Waals surface area contributed by atoms with Crippen LogP contribution in [0.25, 0.3) is 10.8 Å². The molecule has 0 unspecified atom stereocenters. The van der Waals surface area contributed by atoms with E-state index in [4.69, 9.17) is 9.72 Å². The molecule has 2 heterocycles. The molecule has 0 atom stereocenters. The minimum atomic E-state index is -0.777. The van der Waals surface area contributed by atoms with Crippen LogP contribution in [0.1, 0.15) is 34.5 Å². The molecule has 0 bridgehead atoms. The maximum absolute atomic E-state index is 13.2. The second-order valence-corrected chi connectivity index (χ2v) is 9.37. The molecule has 5 rings (SSSR count). The van der Waals surface area contributed by atoms with Gasteiger partial charge in [0.05, 0.1) is 11.3 Å². The van der Waals surface area contributed by atoms with Gasteiger partial charge in [-0.3, -0.25) is 9.88 Å². The summed E-state index contributed by atoms with van der Waals surface area (Å²) in [5, 5.41) is 2.09. The van der Waals surface area contributed by atoms with Gasteiger partial charge in [0, 0.05) is 48.5 Å². The van der Waals surface area contributed by atoms with Gasteiger partial charge in [0.2, 0.25) is 0 Å². The number of carbonyl (C=O) groups excluding carboxylic acids is 1. The van der Waals surface area contributed by atoms with Crippen LogP contribution in [0.2, 0.25) is 0 Å². The van der Waals surface area contributed by atoms with Crippen molar-refractivity contribution in [1.29, 1.82) is 0 Å². The molecule has 1 aromatic heterocycles. The van der Waals surface area contributed by atoms with Crippen molar-refractivity contribution >= 4 is 32.7 Å². The van der Waals surface area contributed by atoms with Crippen LogP contribution in [0.4, 0.5) is 0 Å². The number of ether oxygens (including phenoxy) is 1. The highest BCUT2D eigenvalue weighted by atomic mass is 79.9. The SMILES string of the molecule is O=C(OC1(c2ncc(Br)c3ccccc23)CCN(Cc2ccccc2)CC1)c1ccccc1. The molecule has 1 aliphatic rings. The maximum atomic E-state index is 13.2. The Labute approximate surface area is 202 Å². The molecule has 33 heavy (non-hydrogen) atoms. The molecule has 1 fully saturated rings. The minimum Gasteiger partial charge on any atom is -0.449 e. The molecule has 1 saturated heterocycles. The predicted octanol–water partition coefficient (Wildman–Crippen LogP) is 6.35. The van der Waals surface area contributed by atoms with Crippen molar-refractivity contribution in [3.05, 3.63) is 112 Å². The van der Waals surface area contributed by atoms with Gasteiger partial charge in [0.1, 0.15) is 0 Å². The van der Waals surface area contributed by atoms with Crippen LogP contribution in [0, 0.1) is 0 Å². The first-order valence-corrected chi connectivity index (χ1v) is 12.0. The number of pyridine rings is 1. The summed E-state index contributed by atoms with van der Waals surface area (Å²) in [5.41, 5.74) is 1.91. The third-order valence-electron chi connectivity index (χ3n) is 6.39. The highest BCUT2D eigenvalue weighted by molar-refractivity contribution is 9.10. The summed E-state index contributed by atoms with van der Waals surface area (Å²) in [6.07, 6.45) is 3.21. The summed E-state index contributed by atoms with van der Waals surface area (Å²) in [6, 6.07) is 27.9. The van der Waals surface area contributed by atoms with Gasteiger partial charge in [0.15, 0.2) is 5.60 Å². The van der Waals surface area contributed by atoms with Gasteiger partial charge in [-0.05, 0) is 39.0 Å². The van der Waals surface area contributed by atoms with E-state index in [1.807, 2.05) is 42.6 Å². The zero-order valence-corrected chi connectivity index (χ0v) is 19.9. The van der Waals surface area contributed by atoms with E-state index in [9.17, 15) is 4.79 Å². The Balaban J connectivity index is 1.49. The van der Waals surface area contributed by atoms with Crippen molar-refractivity contribution in [1.82, 2.24) is 9.88 Å². The van der Waals surface area contributed by atoms with Crippen LogP contribution in [0.15, 0.2) is 95.6 Å². The van der Waals surface area contributed by atoms with E-state index in [0.717, 1.165) is 40.6 Å². The molecule has 1 aliphatic heterocycles. The van der Waals surface area contributed by atoms with E-state index < -0.39 is 5.60 Å². The third-order valence-corrected chi connectivity index (χ3v) is 7.02. The molecular weight excluding hydrogens is 476 g/mol. The molecule has 0 aliphatic carbocycles. The average molecular weight is 501 g/mol. The number of benzene rings is 3. The van der Waals surface area contributed by atoms with Gasteiger partial charge >= 0.3 is 5.97 Å². The fourth-order valence-corrected chi connectivity index (χ4v) is 5.08. The number of halogens is 1. The van der Waals surface area contributed by atoms with E-state index in [1.165, 1.54) is 5.56 Å². The summed E-state index contributed by atoms with van der Waals surface area (Å²) in [4.78, 5) is 20.4. The average Bonchev–Trinajstić information content (AvgIpc) is 2.87. The smallest absolute Gasteiger partial charge is 0.339 e. The largest absolute Gasteiger partial charge is 0.449 e. The molecule has 0 radical (unpaired) electrons. The van der Waals surface area contributed by atoms with E-state index >= 15 is 0 Å². The number of nitrogens with zero attached hydrogens (tertiary/aromatic N) is 2. The second-order valence-electron chi connectivity index (χ2n) is 8.51. The Bertz CT molecular complexity index is 1250. The van der Waals surface area contributed by atoms with Gasteiger partial charge in [-0.1, -0.05) is 72.8 Å². The Morgan fingerprint density at radius 3 is 2.18 bits per heavy atom. The van der Waals surface area contributed by atoms with Gasteiger partial charge in [0.25, 0.3) is 0 Å². The molecule has 0 spiro atoms. The van der Waals surface area contributed by atoms with E-state index in [0.29, 0.717) is 18.4 Å². The van der Waals surface area contributed by atoms with Crippen molar-refractivity contribution in [2.75, 3.05) is 13.1 Å². The standard InChI is InChI=1S/C28H25BrN2O2/c29-25-19-30-26(24-14-8-7-13-23(24)25)28(33-27(32)22-11-5-2-6-12-22)15-17-31(18-16-28)20-21-9-3-1-4-10-21/h1-14,19H,15-18,20H2. The molecular formula is C28H25BrN2O2. The normalized spacial score (nSPS) is 15.9. The van der Waals surface area contributed by atoms with Crippen molar-refractivity contribution < 1.29 is 9.53 Å². The maximum Gasteiger partial charge on any atom is 0.339 e. The molecule has 0 amide bonds. The number of carbonyl (C=O) groups is 1. The Hall–Kier alpha value is -3.02. The Morgan fingerprint density at radius 1 is 0.879 bits per heavy atom. The lowest BCUT2D eigenvalue weighted by Gasteiger charge is -2.41. The molecule has 4 aromatic rings. The van der Waals surface area contributed by atoms with Crippen molar-refractivity contribution in [3.8, 4) is 0 Å². The van der Waals surface area contributed by atoms with Crippen molar-refractivity contribution in [2.24, 2.45) is 0 Å². The van der Waals surface area contributed by atoms with Crippen LogP contribution in [-0.4, -0.2) is 28.9 Å². The molecule has 0 N–H and O–H groups in total. The van der Waals surface area contributed by atoms with Gasteiger partial charge in [-0.2, -0.15) is 0 Å². The van der Waals surface area contributed by atoms with Crippen molar-refractivity contribution in [3.63, 3.8) is 0 Å². The third kappa shape index (κ3) is 4.56. The minimum absolute atomic E-state index is 0.305. The van der Waals surface area contributed by atoms with E-state index in [-0.39, 0.29) is 5.97 Å². The first kappa shape index (κ1) is 21.8. The van der Waals surface area contributed by atoms with Crippen molar-refractivity contribution in [2.45, 2.75) is 25.0 Å². The van der Waals surface area contributed by atoms with Crippen LogP contribution in [0.5, 0.6) is 0 Å². The predicted molar refractivity (Wildman–Crippen MR) is 134 cm³/mol. The zero-order chi connectivity index (χ0) is 22.7. The first-order valence-electron chi connectivity index (χ1n) is 11.2. The topological polar surface area (TPSA) is 42.4 Å².